The van der Waals surface area contributed by atoms with Crippen LogP contribution in [0.4, 0.5) is 8.78 Å². The van der Waals surface area contributed by atoms with Crippen LogP contribution in [0.15, 0.2) is 24.3 Å². The van der Waals surface area contributed by atoms with Gasteiger partial charge in [-0.25, -0.2) is 8.78 Å². The van der Waals surface area contributed by atoms with E-state index in [9.17, 15) is 8.78 Å². The predicted molar refractivity (Wildman–Crippen MR) is 71.6 cm³/mol. The molecule has 0 spiro atoms. The first kappa shape index (κ1) is 14.3. The minimum Gasteiger partial charge on any atom is -0.493 e. The second-order valence-electron chi connectivity index (χ2n) is 5.69. The Balaban J connectivity index is 1.73. The van der Waals surface area contributed by atoms with E-state index in [0.717, 1.165) is 11.3 Å². The van der Waals surface area contributed by atoms with Crippen molar-refractivity contribution in [2.24, 2.45) is 5.92 Å². The van der Waals surface area contributed by atoms with Gasteiger partial charge in [-0.05, 0) is 23.6 Å². The first-order chi connectivity index (χ1) is 8.94. The van der Waals surface area contributed by atoms with Crippen LogP contribution in [0.2, 0.25) is 0 Å². The second kappa shape index (κ2) is 5.87. The molecule has 1 fully saturated rings. The number of rotatable bonds is 6. The summed E-state index contributed by atoms with van der Waals surface area (Å²) in [5.41, 5.74) is 1.09. The van der Waals surface area contributed by atoms with Crippen LogP contribution in [0.1, 0.15) is 32.3 Å². The Morgan fingerprint density at radius 1 is 1.26 bits per heavy atom. The Morgan fingerprint density at radius 3 is 2.42 bits per heavy atom. The molecule has 1 aliphatic carbocycles. The molecule has 1 saturated carbocycles. The molecule has 0 unspecified atom stereocenters. The minimum absolute atomic E-state index is 0.0391. The van der Waals surface area contributed by atoms with Crippen molar-refractivity contribution >= 4 is 0 Å². The van der Waals surface area contributed by atoms with Crippen molar-refractivity contribution in [1.29, 1.82) is 0 Å². The SMILES string of the molecule is CC(C)COc1ccc(CNC2CC(F)(F)C2)cc1. The maximum Gasteiger partial charge on any atom is 0.251 e. The number of nitrogens with one attached hydrogen (secondary N) is 1. The summed E-state index contributed by atoms with van der Waals surface area (Å²) in [6.45, 7) is 5.54. The summed E-state index contributed by atoms with van der Waals surface area (Å²) in [7, 11) is 0. The van der Waals surface area contributed by atoms with Gasteiger partial charge in [0.05, 0.1) is 6.61 Å². The molecular formula is C15H21F2NO. The molecule has 1 aromatic rings. The molecule has 19 heavy (non-hydrogen) atoms. The molecule has 4 heteroatoms. The number of hydrogen-bond donors (Lipinski definition) is 1. The predicted octanol–water partition coefficient (Wildman–Crippen LogP) is 3.61. The minimum atomic E-state index is -2.45. The monoisotopic (exact) mass is 269 g/mol. The van der Waals surface area contributed by atoms with Crippen LogP contribution in [0, 0.1) is 5.92 Å². The van der Waals surface area contributed by atoms with E-state index in [1.807, 2.05) is 24.3 Å². The summed E-state index contributed by atoms with van der Waals surface area (Å²) in [5.74, 6) is -1.10. The summed E-state index contributed by atoms with van der Waals surface area (Å²) in [5, 5.41) is 3.14. The second-order valence-corrected chi connectivity index (χ2v) is 5.69. The Bertz CT molecular complexity index is 395. The van der Waals surface area contributed by atoms with Crippen LogP contribution in [-0.2, 0) is 6.54 Å². The Hall–Kier alpha value is -1.16. The van der Waals surface area contributed by atoms with Crippen LogP contribution in [-0.4, -0.2) is 18.6 Å². The number of benzene rings is 1. The molecule has 1 aromatic carbocycles. The van der Waals surface area contributed by atoms with Crippen molar-refractivity contribution in [3.63, 3.8) is 0 Å². The highest BCUT2D eigenvalue weighted by Crippen LogP contribution is 2.37. The molecular weight excluding hydrogens is 248 g/mol. The summed E-state index contributed by atoms with van der Waals surface area (Å²) in [6, 6.07) is 7.74. The van der Waals surface area contributed by atoms with E-state index in [-0.39, 0.29) is 18.9 Å². The zero-order valence-corrected chi connectivity index (χ0v) is 11.5. The topological polar surface area (TPSA) is 21.3 Å². The fourth-order valence-electron chi connectivity index (χ4n) is 2.03. The normalized spacial score (nSPS) is 18.4. The molecule has 0 heterocycles. The third kappa shape index (κ3) is 4.46. The highest BCUT2D eigenvalue weighted by molar-refractivity contribution is 5.27. The molecule has 106 valence electrons. The average Bonchev–Trinajstić information content (AvgIpc) is 2.32. The van der Waals surface area contributed by atoms with Gasteiger partial charge in [0, 0.05) is 25.4 Å². The van der Waals surface area contributed by atoms with Gasteiger partial charge < -0.3 is 10.1 Å². The fraction of sp³-hybridized carbons (Fsp3) is 0.600. The zero-order valence-electron chi connectivity index (χ0n) is 11.5. The van der Waals surface area contributed by atoms with E-state index in [1.165, 1.54) is 0 Å². The Kier molecular flexibility index (Phi) is 4.40. The maximum absolute atomic E-state index is 12.7. The van der Waals surface area contributed by atoms with Crippen molar-refractivity contribution in [1.82, 2.24) is 5.32 Å². The maximum atomic E-state index is 12.7. The molecule has 0 aliphatic heterocycles. The number of alkyl halides is 2. The van der Waals surface area contributed by atoms with Crippen LogP contribution in [0.5, 0.6) is 5.75 Å². The molecule has 1 N–H and O–H groups in total. The lowest BCUT2D eigenvalue weighted by Crippen LogP contribution is -2.48. The van der Waals surface area contributed by atoms with Gasteiger partial charge in [0.2, 0.25) is 0 Å². The number of ether oxygens (including phenoxy) is 1. The van der Waals surface area contributed by atoms with Gasteiger partial charge in [0.15, 0.2) is 0 Å². The van der Waals surface area contributed by atoms with Crippen LogP contribution in [0.3, 0.4) is 0 Å². The van der Waals surface area contributed by atoms with E-state index in [4.69, 9.17) is 4.74 Å². The van der Waals surface area contributed by atoms with Gasteiger partial charge >= 0.3 is 0 Å². The quantitative estimate of drug-likeness (QED) is 0.852. The van der Waals surface area contributed by atoms with E-state index < -0.39 is 5.92 Å². The molecule has 0 amide bonds. The Morgan fingerprint density at radius 2 is 1.89 bits per heavy atom. The smallest absolute Gasteiger partial charge is 0.251 e. The molecule has 2 rings (SSSR count). The van der Waals surface area contributed by atoms with Gasteiger partial charge in [-0.3, -0.25) is 0 Å². The molecule has 2 nitrogen and oxygen atoms in total. The average molecular weight is 269 g/mol. The summed E-state index contributed by atoms with van der Waals surface area (Å²) in [4.78, 5) is 0. The van der Waals surface area contributed by atoms with E-state index in [2.05, 4.69) is 19.2 Å². The summed E-state index contributed by atoms with van der Waals surface area (Å²) < 4.78 is 30.9. The highest BCUT2D eigenvalue weighted by Gasteiger charge is 2.44. The number of halogens is 2. The van der Waals surface area contributed by atoms with Crippen molar-refractivity contribution in [2.75, 3.05) is 6.61 Å². The van der Waals surface area contributed by atoms with Gasteiger partial charge in [-0.1, -0.05) is 26.0 Å². The van der Waals surface area contributed by atoms with E-state index in [0.29, 0.717) is 19.1 Å². The van der Waals surface area contributed by atoms with Crippen molar-refractivity contribution in [2.45, 2.75) is 45.2 Å². The largest absolute Gasteiger partial charge is 0.493 e. The molecule has 0 aromatic heterocycles. The van der Waals surface area contributed by atoms with Gasteiger partial charge in [0.25, 0.3) is 5.92 Å². The molecule has 1 aliphatic rings. The lowest BCUT2D eigenvalue weighted by atomic mass is 9.88. The number of hydrogen-bond acceptors (Lipinski definition) is 2. The van der Waals surface area contributed by atoms with Crippen molar-refractivity contribution < 1.29 is 13.5 Å². The van der Waals surface area contributed by atoms with Gasteiger partial charge in [-0.15, -0.1) is 0 Å². The van der Waals surface area contributed by atoms with Gasteiger partial charge in [0.1, 0.15) is 5.75 Å². The standard InChI is InChI=1S/C15H21F2NO/c1-11(2)10-19-14-5-3-12(4-6-14)9-18-13-7-15(16,17)8-13/h3-6,11,13,18H,7-10H2,1-2H3. The van der Waals surface area contributed by atoms with Crippen molar-refractivity contribution in [3.05, 3.63) is 29.8 Å². The third-order valence-electron chi connectivity index (χ3n) is 3.19. The summed E-state index contributed by atoms with van der Waals surface area (Å²) >= 11 is 0. The first-order valence-electron chi connectivity index (χ1n) is 6.77. The first-order valence-corrected chi connectivity index (χ1v) is 6.77. The molecule has 0 saturated heterocycles. The molecule has 0 atom stereocenters. The van der Waals surface area contributed by atoms with Crippen LogP contribution >= 0.6 is 0 Å². The third-order valence-corrected chi connectivity index (χ3v) is 3.19. The lowest BCUT2D eigenvalue weighted by molar-refractivity contribution is -0.0930. The van der Waals surface area contributed by atoms with Gasteiger partial charge in [-0.2, -0.15) is 0 Å². The molecule has 0 bridgehead atoms. The fourth-order valence-corrected chi connectivity index (χ4v) is 2.03. The van der Waals surface area contributed by atoms with Crippen molar-refractivity contribution in [3.8, 4) is 5.75 Å². The highest BCUT2D eigenvalue weighted by atomic mass is 19.3. The van der Waals surface area contributed by atoms with E-state index in [1.54, 1.807) is 0 Å². The zero-order chi connectivity index (χ0) is 13.9. The molecule has 0 radical (unpaired) electrons. The lowest BCUT2D eigenvalue weighted by Gasteiger charge is -2.35. The Labute approximate surface area is 113 Å². The van der Waals surface area contributed by atoms with E-state index >= 15 is 0 Å². The van der Waals surface area contributed by atoms with Crippen LogP contribution < -0.4 is 10.1 Å². The summed E-state index contributed by atoms with van der Waals surface area (Å²) in [6.07, 6.45) is -0.0782. The van der Waals surface area contributed by atoms with Crippen LogP contribution in [0.25, 0.3) is 0 Å².